The van der Waals surface area contributed by atoms with Crippen LogP contribution in [0.2, 0.25) is 0 Å². The minimum Gasteiger partial charge on any atom is -0.444 e. The zero-order chi connectivity index (χ0) is 27.4. The predicted molar refractivity (Wildman–Crippen MR) is 140 cm³/mol. The van der Waals surface area contributed by atoms with E-state index in [0.29, 0.717) is 25.7 Å². The lowest BCUT2D eigenvalue weighted by atomic mass is 9.97. The van der Waals surface area contributed by atoms with E-state index in [9.17, 15) is 24.3 Å². The number of aliphatic hydroxyl groups is 1. The highest BCUT2D eigenvalue weighted by atomic mass is 16.6. The van der Waals surface area contributed by atoms with Gasteiger partial charge in [-0.15, -0.1) is 0 Å². The molecule has 2 heterocycles. The van der Waals surface area contributed by atoms with Gasteiger partial charge in [-0.2, -0.15) is 0 Å². The zero-order valence-corrected chi connectivity index (χ0v) is 23.3. The number of ether oxygens (including phenoxy) is 1. The maximum atomic E-state index is 13.8. The van der Waals surface area contributed by atoms with Crippen molar-refractivity contribution < 1.29 is 29.0 Å². The van der Waals surface area contributed by atoms with Crippen molar-refractivity contribution in [1.82, 2.24) is 15.5 Å². The van der Waals surface area contributed by atoms with E-state index in [1.54, 1.807) is 25.7 Å². The SMILES string of the molecule is CC(C)(C)OC(=O)N[C@H]1CCCCCCCCCC[C@@H](C(O)C=O)NC(=O)[C@@H]2C3C(CN2C1=O)C3(C)C. The number of fused-ring (bicyclic) bond motifs is 3. The quantitative estimate of drug-likeness (QED) is 0.489. The van der Waals surface area contributed by atoms with Gasteiger partial charge in [0.25, 0.3) is 0 Å². The second kappa shape index (κ2) is 12.1. The molecule has 3 aliphatic rings. The van der Waals surface area contributed by atoms with E-state index in [0.717, 1.165) is 51.4 Å². The molecule has 2 saturated heterocycles. The van der Waals surface area contributed by atoms with Crippen molar-refractivity contribution in [3.8, 4) is 0 Å². The van der Waals surface area contributed by atoms with Crippen LogP contribution in [0.15, 0.2) is 0 Å². The fourth-order valence-electron chi connectivity index (χ4n) is 6.19. The summed E-state index contributed by atoms with van der Waals surface area (Å²) in [5.74, 6) is -0.423. The molecule has 0 aromatic heterocycles. The molecule has 9 heteroatoms. The highest BCUT2D eigenvalue weighted by molar-refractivity contribution is 5.93. The Balaban J connectivity index is 1.84. The summed E-state index contributed by atoms with van der Waals surface area (Å²) in [6.07, 6.45) is 7.39. The van der Waals surface area contributed by atoms with E-state index in [2.05, 4.69) is 24.5 Å². The van der Waals surface area contributed by atoms with Gasteiger partial charge in [-0.1, -0.05) is 65.2 Å². The molecular weight excluding hydrogens is 474 g/mol. The van der Waals surface area contributed by atoms with Crippen LogP contribution in [0.5, 0.6) is 0 Å². The topological polar surface area (TPSA) is 125 Å². The van der Waals surface area contributed by atoms with E-state index in [1.807, 2.05) is 0 Å². The predicted octanol–water partition coefficient (Wildman–Crippen LogP) is 3.32. The average Bonchev–Trinajstić information content (AvgIpc) is 3.15. The largest absolute Gasteiger partial charge is 0.444 e. The maximum absolute atomic E-state index is 13.8. The summed E-state index contributed by atoms with van der Waals surface area (Å²) in [6, 6.07) is -2.17. The molecule has 37 heavy (non-hydrogen) atoms. The number of alkyl carbamates (subject to hydrolysis) is 1. The highest BCUT2D eigenvalue weighted by Gasteiger charge is 2.69. The zero-order valence-electron chi connectivity index (χ0n) is 23.3. The average molecular weight is 522 g/mol. The number of hydrogen-bond donors (Lipinski definition) is 3. The van der Waals surface area contributed by atoms with Gasteiger partial charge in [-0.3, -0.25) is 9.59 Å². The van der Waals surface area contributed by atoms with Gasteiger partial charge in [-0.25, -0.2) is 4.79 Å². The lowest BCUT2D eigenvalue weighted by Gasteiger charge is -2.34. The van der Waals surface area contributed by atoms with Gasteiger partial charge in [0.1, 0.15) is 23.8 Å². The Morgan fingerprint density at radius 1 is 1.08 bits per heavy atom. The molecule has 210 valence electrons. The third-order valence-corrected chi connectivity index (χ3v) is 8.39. The molecule has 1 aliphatic carbocycles. The summed E-state index contributed by atoms with van der Waals surface area (Å²) in [6.45, 7) is 9.98. The second-order valence-electron chi connectivity index (χ2n) is 12.7. The highest BCUT2D eigenvalue weighted by Crippen LogP contribution is 2.65. The third-order valence-electron chi connectivity index (χ3n) is 8.39. The van der Waals surface area contributed by atoms with Crippen LogP contribution in [-0.4, -0.2) is 70.6 Å². The van der Waals surface area contributed by atoms with Gasteiger partial charge < -0.3 is 30.2 Å². The van der Waals surface area contributed by atoms with Crippen molar-refractivity contribution in [3.05, 3.63) is 0 Å². The number of nitrogens with one attached hydrogen (secondary N) is 2. The summed E-state index contributed by atoms with van der Waals surface area (Å²) < 4.78 is 5.43. The van der Waals surface area contributed by atoms with E-state index in [1.165, 1.54) is 0 Å². The standard InChI is InChI=1S/C28H47N3O6/c1-27(2,3)37-26(36)30-20-15-13-11-9-7-6-8-10-12-14-19(21(33)17-32)29-24(34)23-22-18(28(22,4)5)16-31(23)25(20)35/h17-23,33H,6-16H2,1-5H3,(H,29,34)(H,30,36)/t18?,19-,20-,21?,22?,23-/m0/s1. The Morgan fingerprint density at radius 2 is 1.65 bits per heavy atom. The van der Waals surface area contributed by atoms with E-state index in [4.69, 9.17) is 4.74 Å². The molecule has 0 aromatic rings. The molecule has 6 atom stereocenters. The van der Waals surface area contributed by atoms with Crippen LogP contribution in [0.4, 0.5) is 4.79 Å². The number of rotatable bonds is 3. The summed E-state index contributed by atoms with van der Waals surface area (Å²) in [4.78, 5) is 53.1. The number of nitrogens with zero attached hydrogens (tertiary/aromatic N) is 1. The summed E-state index contributed by atoms with van der Waals surface area (Å²) in [7, 11) is 0. The molecule has 0 spiro atoms. The fraction of sp³-hybridized carbons (Fsp3) is 0.857. The summed E-state index contributed by atoms with van der Waals surface area (Å²) >= 11 is 0. The first kappa shape index (κ1) is 29.4. The van der Waals surface area contributed by atoms with Gasteiger partial charge in [0.15, 0.2) is 6.29 Å². The molecule has 3 fully saturated rings. The van der Waals surface area contributed by atoms with Crippen molar-refractivity contribution >= 4 is 24.2 Å². The Bertz CT molecular complexity index is 838. The number of carbonyl (C=O) groups is 4. The molecule has 0 bridgehead atoms. The number of amides is 3. The smallest absolute Gasteiger partial charge is 0.408 e. The lowest BCUT2D eigenvalue weighted by Crippen LogP contribution is -2.58. The van der Waals surface area contributed by atoms with Gasteiger partial charge in [-0.05, 0) is 50.9 Å². The van der Waals surface area contributed by atoms with Crippen LogP contribution in [0.25, 0.3) is 0 Å². The monoisotopic (exact) mass is 521 g/mol. The van der Waals surface area contributed by atoms with Gasteiger partial charge >= 0.3 is 6.09 Å². The van der Waals surface area contributed by atoms with Crippen molar-refractivity contribution in [2.45, 2.75) is 129 Å². The van der Waals surface area contributed by atoms with Crippen LogP contribution in [0.3, 0.4) is 0 Å². The van der Waals surface area contributed by atoms with Crippen LogP contribution in [0.1, 0.15) is 98.8 Å². The van der Waals surface area contributed by atoms with Crippen LogP contribution in [0, 0.1) is 17.3 Å². The molecule has 1 saturated carbocycles. The first-order valence-electron chi connectivity index (χ1n) is 14.1. The van der Waals surface area contributed by atoms with Crippen LogP contribution in [-0.2, 0) is 19.1 Å². The van der Waals surface area contributed by atoms with Gasteiger partial charge in [0.05, 0.1) is 6.04 Å². The normalized spacial score (nSPS) is 32.3. The third kappa shape index (κ3) is 7.45. The van der Waals surface area contributed by atoms with Crippen LogP contribution < -0.4 is 10.6 Å². The summed E-state index contributed by atoms with van der Waals surface area (Å²) in [5.41, 5.74) is -0.773. The fourth-order valence-corrected chi connectivity index (χ4v) is 6.19. The number of carbonyl (C=O) groups excluding carboxylic acids is 4. The Morgan fingerprint density at radius 3 is 2.22 bits per heavy atom. The molecule has 3 amide bonds. The van der Waals surface area contributed by atoms with E-state index >= 15 is 0 Å². The second-order valence-corrected chi connectivity index (χ2v) is 12.7. The molecule has 0 radical (unpaired) electrons. The molecule has 0 aromatic carbocycles. The van der Waals surface area contributed by atoms with Crippen molar-refractivity contribution in [2.24, 2.45) is 17.3 Å². The Labute approximate surface area is 221 Å². The number of hydrogen-bond acceptors (Lipinski definition) is 6. The van der Waals surface area contributed by atoms with Gasteiger partial charge in [0.2, 0.25) is 11.8 Å². The first-order valence-corrected chi connectivity index (χ1v) is 14.1. The molecule has 3 unspecified atom stereocenters. The number of piperidine rings is 1. The summed E-state index contributed by atoms with van der Waals surface area (Å²) in [5, 5.41) is 16.0. The number of aliphatic hydroxyl groups excluding tert-OH is 1. The number of aldehydes is 1. The Kier molecular flexibility index (Phi) is 9.64. The first-order chi connectivity index (χ1) is 17.4. The van der Waals surface area contributed by atoms with Crippen molar-refractivity contribution in [1.29, 1.82) is 0 Å². The molecule has 2 aliphatic heterocycles. The molecular formula is C28H47N3O6. The van der Waals surface area contributed by atoms with E-state index < -0.39 is 35.9 Å². The maximum Gasteiger partial charge on any atom is 0.408 e. The molecule has 3 rings (SSSR count). The van der Waals surface area contributed by atoms with Crippen molar-refractivity contribution in [2.75, 3.05) is 6.54 Å². The van der Waals surface area contributed by atoms with E-state index in [-0.39, 0.29) is 29.1 Å². The minimum absolute atomic E-state index is 0.00488. The Hall–Kier alpha value is -2.16. The van der Waals surface area contributed by atoms with Crippen LogP contribution >= 0.6 is 0 Å². The van der Waals surface area contributed by atoms with Crippen molar-refractivity contribution in [3.63, 3.8) is 0 Å². The molecule has 3 N–H and O–H groups in total. The van der Waals surface area contributed by atoms with Gasteiger partial charge in [0, 0.05) is 6.54 Å². The minimum atomic E-state index is -1.29. The lowest BCUT2D eigenvalue weighted by molar-refractivity contribution is -0.142. The molecule has 9 nitrogen and oxygen atoms in total.